The molecule has 1 aromatic heterocycles. The molecule has 2 unspecified atom stereocenters. The quantitative estimate of drug-likeness (QED) is 0.484. The fraction of sp³-hybridized carbons (Fsp3) is 0.667. The Morgan fingerprint density at radius 1 is 1.07 bits per heavy atom. The lowest BCUT2D eigenvalue weighted by Gasteiger charge is -2.54. The van der Waals surface area contributed by atoms with Gasteiger partial charge in [-0.15, -0.1) is 0 Å². The van der Waals surface area contributed by atoms with Crippen LogP contribution >= 0.6 is 0 Å². The van der Waals surface area contributed by atoms with Crippen LogP contribution in [-0.2, 0) is 10.0 Å². The van der Waals surface area contributed by atoms with E-state index < -0.39 is 14.8 Å². The van der Waals surface area contributed by atoms with Crippen molar-refractivity contribution in [2.75, 3.05) is 13.1 Å². The fourth-order valence-corrected chi connectivity index (χ4v) is 11.1. The SMILES string of the molecule is C[C@@H](NC1CCN(S(=O)(=O)C23C[C@H]4CC2[C@H](C[C@@H](NC(=O)c2cc(C5CC5)on2)C4)C3)CC1)c1ccc(F)cc1. The number of benzene rings is 1. The molecule has 0 spiro atoms. The molecule has 10 heteroatoms. The molecule has 216 valence electrons. The first-order valence-electron chi connectivity index (χ1n) is 15.0. The van der Waals surface area contributed by atoms with E-state index in [-0.39, 0.29) is 35.8 Å². The van der Waals surface area contributed by atoms with Crippen LogP contribution in [0.3, 0.4) is 0 Å². The molecule has 8 nitrogen and oxygen atoms in total. The van der Waals surface area contributed by atoms with Crippen LogP contribution in [-0.4, -0.2) is 53.7 Å². The van der Waals surface area contributed by atoms with Crippen molar-refractivity contribution >= 4 is 15.9 Å². The topological polar surface area (TPSA) is 105 Å². The van der Waals surface area contributed by atoms with Crippen molar-refractivity contribution in [3.63, 3.8) is 0 Å². The predicted molar refractivity (Wildman–Crippen MR) is 147 cm³/mol. The summed E-state index contributed by atoms with van der Waals surface area (Å²) in [6.45, 7) is 3.15. The number of sulfonamides is 1. The molecule has 7 rings (SSSR count). The number of aromatic nitrogens is 1. The summed E-state index contributed by atoms with van der Waals surface area (Å²) < 4.78 is 47.9. The van der Waals surface area contributed by atoms with E-state index in [2.05, 4.69) is 22.7 Å². The lowest BCUT2D eigenvalue weighted by atomic mass is 9.63. The molecule has 4 saturated carbocycles. The zero-order chi connectivity index (χ0) is 27.6. The molecule has 6 atom stereocenters. The normalized spacial score (nSPS) is 33.2. The number of rotatable bonds is 8. The standard InChI is InChI=1S/C30H39FN4O4S/c1-18(20-4-6-23(31)7-5-20)32-24-8-10-35(11-9-24)40(37,38)30-16-19-12-25(14-22(17-30)26(30)13-19)33-29(36)27-15-28(39-34-27)21-2-3-21/h4-7,15,18-19,21-22,24-26,32H,2-3,8-14,16-17H2,1H3,(H,33,36)/t18-,19-,22-,25+,26?,30?/m1/s1. The number of carbonyl (C=O) groups excluding carboxylic acids is 1. The summed E-state index contributed by atoms with van der Waals surface area (Å²) in [4.78, 5) is 12.9. The van der Waals surface area contributed by atoms with Crippen LogP contribution in [0.2, 0.25) is 0 Å². The summed E-state index contributed by atoms with van der Waals surface area (Å²) in [7, 11) is -3.40. The van der Waals surface area contributed by atoms with Crippen LogP contribution < -0.4 is 10.6 Å². The van der Waals surface area contributed by atoms with Crippen molar-refractivity contribution in [1.29, 1.82) is 0 Å². The van der Waals surface area contributed by atoms with Crippen molar-refractivity contribution in [2.24, 2.45) is 17.8 Å². The minimum absolute atomic E-state index is 0.0551. The molecule has 5 aliphatic rings. The zero-order valence-electron chi connectivity index (χ0n) is 23.0. The second-order valence-electron chi connectivity index (χ2n) is 13.1. The molecule has 1 saturated heterocycles. The minimum Gasteiger partial charge on any atom is -0.360 e. The smallest absolute Gasteiger partial charge is 0.273 e. The van der Waals surface area contributed by atoms with E-state index in [0.29, 0.717) is 49.4 Å². The van der Waals surface area contributed by atoms with Gasteiger partial charge in [-0.3, -0.25) is 4.79 Å². The van der Waals surface area contributed by atoms with Gasteiger partial charge in [0.1, 0.15) is 11.6 Å². The summed E-state index contributed by atoms with van der Waals surface area (Å²) in [6.07, 6.45) is 7.77. The summed E-state index contributed by atoms with van der Waals surface area (Å²) in [5.41, 5.74) is 1.38. The minimum atomic E-state index is -3.40. The highest BCUT2D eigenvalue weighted by Gasteiger charge is 2.68. The highest BCUT2D eigenvalue weighted by atomic mass is 32.2. The summed E-state index contributed by atoms with van der Waals surface area (Å²) in [6, 6.07) is 8.70. The number of carbonyl (C=O) groups is 1. The maximum Gasteiger partial charge on any atom is 0.273 e. The number of halogens is 1. The van der Waals surface area contributed by atoms with Gasteiger partial charge in [-0.05, 0) is 100 Å². The van der Waals surface area contributed by atoms with Gasteiger partial charge >= 0.3 is 0 Å². The molecule has 0 radical (unpaired) electrons. The van der Waals surface area contributed by atoms with Crippen molar-refractivity contribution in [1.82, 2.24) is 20.1 Å². The predicted octanol–water partition coefficient (Wildman–Crippen LogP) is 4.51. The van der Waals surface area contributed by atoms with Crippen LogP contribution in [0.4, 0.5) is 4.39 Å². The second-order valence-corrected chi connectivity index (χ2v) is 15.4. The van der Waals surface area contributed by atoms with Crippen molar-refractivity contribution in [3.05, 3.63) is 53.2 Å². The molecule has 5 fully saturated rings. The Labute approximate surface area is 235 Å². The summed E-state index contributed by atoms with van der Waals surface area (Å²) in [5, 5.41) is 10.8. The number of hydrogen-bond donors (Lipinski definition) is 2. The molecule has 2 heterocycles. The third-order valence-corrected chi connectivity index (χ3v) is 13.2. The maximum absolute atomic E-state index is 14.1. The number of amides is 1. The lowest BCUT2D eigenvalue weighted by molar-refractivity contribution is 0.0821. The fourth-order valence-electron chi connectivity index (χ4n) is 8.33. The zero-order valence-corrected chi connectivity index (χ0v) is 23.8. The first-order valence-corrected chi connectivity index (χ1v) is 16.4. The van der Waals surface area contributed by atoms with Gasteiger partial charge in [0, 0.05) is 43.2 Å². The highest BCUT2D eigenvalue weighted by Crippen LogP contribution is 2.65. The maximum atomic E-state index is 14.1. The Balaban J connectivity index is 0.947. The first-order chi connectivity index (χ1) is 19.2. The number of nitrogens with one attached hydrogen (secondary N) is 2. The number of piperidine rings is 1. The second kappa shape index (κ2) is 9.91. The Morgan fingerprint density at radius 2 is 1.82 bits per heavy atom. The molecule has 2 bridgehead atoms. The summed E-state index contributed by atoms with van der Waals surface area (Å²) >= 11 is 0. The molecule has 1 aromatic carbocycles. The van der Waals surface area contributed by atoms with Crippen LogP contribution in [0.15, 0.2) is 34.9 Å². The number of fused-ring (bicyclic) bond motifs is 1. The van der Waals surface area contributed by atoms with Gasteiger partial charge in [-0.2, -0.15) is 0 Å². The summed E-state index contributed by atoms with van der Waals surface area (Å²) in [5.74, 6) is 1.64. The van der Waals surface area contributed by atoms with Gasteiger partial charge < -0.3 is 15.2 Å². The third-order valence-electron chi connectivity index (χ3n) is 10.5. The average Bonchev–Trinajstić information content (AvgIpc) is 3.59. The van der Waals surface area contributed by atoms with Gasteiger partial charge in [0.2, 0.25) is 10.0 Å². The van der Waals surface area contributed by atoms with Gasteiger partial charge in [0.15, 0.2) is 5.69 Å². The largest absolute Gasteiger partial charge is 0.360 e. The Morgan fingerprint density at radius 3 is 2.55 bits per heavy atom. The van der Waals surface area contributed by atoms with Gasteiger partial charge in [-0.1, -0.05) is 17.3 Å². The highest BCUT2D eigenvalue weighted by molar-refractivity contribution is 7.90. The Hall–Kier alpha value is -2.30. The molecular weight excluding hydrogens is 531 g/mol. The van der Waals surface area contributed by atoms with E-state index in [0.717, 1.165) is 56.3 Å². The first kappa shape index (κ1) is 26.6. The Kier molecular flexibility index (Phi) is 6.59. The van der Waals surface area contributed by atoms with Gasteiger partial charge in [-0.25, -0.2) is 17.1 Å². The molecule has 4 aliphatic carbocycles. The van der Waals surface area contributed by atoms with Crippen molar-refractivity contribution in [2.45, 2.75) is 93.5 Å². The van der Waals surface area contributed by atoms with E-state index in [4.69, 9.17) is 4.52 Å². The van der Waals surface area contributed by atoms with E-state index in [1.807, 2.05) is 0 Å². The van der Waals surface area contributed by atoms with Crippen LogP contribution in [0.25, 0.3) is 0 Å². The van der Waals surface area contributed by atoms with Crippen molar-refractivity contribution < 1.29 is 22.1 Å². The average molecular weight is 571 g/mol. The third kappa shape index (κ3) is 4.60. The molecule has 1 aliphatic heterocycles. The number of hydrogen-bond acceptors (Lipinski definition) is 6. The molecule has 1 amide bonds. The van der Waals surface area contributed by atoms with E-state index >= 15 is 0 Å². The van der Waals surface area contributed by atoms with Crippen LogP contribution in [0.5, 0.6) is 0 Å². The molecular formula is C30H39FN4O4S. The Bertz CT molecular complexity index is 1360. The van der Waals surface area contributed by atoms with E-state index in [9.17, 15) is 17.6 Å². The molecule has 2 N–H and O–H groups in total. The van der Waals surface area contributed by atoms with Crippen molar-refractivity contribution in [3.8, 4) is 0 Å². The van der Waals surface area contributed by atoms with E-state index in [1.165, 1.54) is 12.1 Å². The lowest BCUT2D eigenvalue weighted by Crippen LogP contribution is -2.62. The van der Waals surface area contributed by atoms with Crippen LogP contribution in [0, 0.1) is 23.6 Å². The molecule has 40 heavy (non-hydrogen) atoms. The number of nitrogens with zero attached hydrogens (tertiary/aromatic N) is 2. The van der Waals surface area contributed by atoms with Crippen LogP contribution in [0.1, 0.15) is 98.5 Å². The molecule has 2 aromatic rings. The van der Waals surface area contributed by atoms with Gasteiger partial charge in [0.05, 0.1) is 4.75 Å². The van der Waals surface area contributed by atoms with E-state index in [1.54, 1.807) is 22.5 Å². The monoisotopic (exact) mass is 570 g/mol. The van der Waals surface area contributed by atoms with Gasteiger partial charge in [0.25, 0.3) is 5.91 Å².